The average molecular weight is 166 g/mol. The van der Waals surface area contributed by atoms with Gasteiger partial charge in [0.2, 0.25) is 0 Å². The van der Waals surface area contributed by atoms with E-state index in [4.69, 9.17) is 4.42 Å². The lowest BCUT2D eigenvalue weighted by atomic mass is 9.94. The van der Waals surface area contributed by atoms with Crippen LogP contribution in [0.4, 0.5) is 0 Å². The molecule has 64 valence electrons. The maximum Gasteiger partial charge on any atom is 0.273 e. The molecule has 0 atom stereocenters. The fourth-order valence-corrected chi connectivity index (χ4v) is 1.39. The molecule has 12 heavy (non-hydrogen) atoms. The van der Waals surface area contributed by atoms with E-state index in [0.29, 0.717) is 17.9 Å². The van der Waals surface area contributed by atoms with Crippen LogP contribution in [-0.2, 0) is 6.42 Å². The van der Waals surface area contributed by atoms with Crippen LogP contribution in [0.2, 0.25) is 0 Å². The molecule has 2 rings (SSSR count). The summed E-state index contributed by atoms with van der Waals surface area (Å²) in [6.45, 7) is 3.91. The molecule has 0 aromatic carbocycles. The van der Waals surface area contributed by atoms with Crippen molar-refractivity contribution >= 4 is 5.91 Å². The highest BCUT2D eigenvalue weighted by atomic mass is 16.3. The van der Waals surface area contributed by atoms with Crippen molar-refractivity contribution in [1.82, 2.24) is 10.3 Å². The van der Waals surface area contributed by atoms with Crippen LogP contribution in [0.5, 0.6) is 0 Å². The van der Waals surface area contributed by atoms with Crippen molar-refractivity contribution < 1.29 is 9.21 Å². The number of nitrogens with one attached hydrogen (secondary N) is 1. The highest BCUT2D eigenvalue weighted by Crippen LogP contribution is 2.21. The molecule has 4 nitrogen and oxygen atoms in total. The van der Waals surface area contributed by atoms with Gasteiger partial charge in [0.1, 0.15) is 5.76 Å². The first kappa shape index (κ1) is 7.34. The first-order chi connectivity index (χ1) is 5.58. The van der Waals surface area contributed by atoms with Crippen LogP contribution >= 0.6 is 0 Å². The van der Waals surface area contributed by atoms with Gasteiger partial charge in [0.25, 0.3) is 5.91 Å². The summed E-state index contributed by atoms with van der Waals surface area (Å²) in [5.41, 5.74) is 0.207. The molecule has 4 heteroatoms. The van der Waals surface area contributed by atoms with Gasteiger partial charge < -0.3 is 9.73 Å². The van der Waals surface area contributed by atoms with Crippen LogP contribution in [0.1, 0.15) is 30.1 Å². The van der Waals surface area contributed by atoms with Crippen molar-refractivity contribution in [3.63, 3.8) is 0 Å². The Morgan fingerprint density at radius 3 is 3.17 bits per heavy atom. The normalized spacial score (nSPS) is 20.0. The Morgan fingerprint density at radius 2 is 2.42 bits per heavy atom. The number of rotatable bonds is 0. The van der Waals surface area contributed by atoms with Gasteiger partial charge in [-0.3, -0.25) is 4.79 Å². The Hall–Kier alpha value is -1.32. The first-order valence-electron chi connectivity index (χ1n) is 3.83. The lowest BCUT2D eigenvalue weighted by molar-refractivity contribution is 0.0885. The fraction of sp³-hybridized carbons (Fsp3) is 0.500. The zero-order valence-corrected chi connectivity index (χ0v) is 7.05. The van der Waals surface area contributed by atoms with Gasteiger partial charge in [-0.25, -0.2) is 4.98 Å². The largest absolute Gasteiger partial charge is 0.448 e. The minimum Gasteiger partial charge on any atom is -0.448 e. The molecule has 0 bridgehead atoms. The quantitative estimate of drug-likeness (QED) is 0.618. The van der Waals surface area contributed by atoms with E-state index in [1.165, 1.54) is 6.39 Å². The minimum absolute atomic E-state index is 0.144. The van der Waals surface area contributed by atoms with Gasteiger partial charge in [0.05, 0.1) is 0 Å². The zero-order valence-electron chi connectivity index (χ0n) is 7.05. The van der Waals surface area contributed by atoms with Crippen LogP contribution in [-0.4, -0.2) is 16.4 Å². The second kappa shape index (κ2) is 2.09. The monoisotopic (exact) mass is 166 g/mol. The van der Waals surface area contributed by atoms with Gasteiger partial charge in [-0.1, -0.05) is 0 Å². The van der Waals surface area contributed by atoms with Crippen LogP contribution < -0.4 is 5.32 Å². The Labute approximate surface area is 70.0 Å². The van der Waals surface area contributed by atoms with E-state index in [2.05, 4.69) is 10.3 Å². The van der Waals surface area contributed by atoms with Crippen molar-refractivity contribution in [2.45, 2.75) is 25.8 Å². The summed E-state index contributed by atoms with van der Waals surface area (Å²) < 4.78 is 5.09. The van der Waals surface area contributed by atoms with Gasteiger partial charge in [0, 0.05) is 12.0 Å². The molecule has 1 amide bonds. The predicted octanol–water partition coefficient (Wildman–Crippen LogP) is 0.739. The third kappa shape index (κ3) is 0.995. The van der Waals surface area contributed by atoms with Gasteiger partial charge in [0.15, 0.2) is 12.1 Å². The molecule has 1 aliphatic heterocycles. The summed E-state index contributed by atoms with van der Waals surface area (Å²) in [5.74, 6) is 0.541. The number of carbonyl (C=O) groups is 1. The van der Waals surface area contributed by atoms with E-state index >= 15 is 0 Å². The van der Waals surface area contributed by atoms with E-state index in [9.17, 15) is 4.79 Å². The number of amides is 1. The number of carbonyl (C=O) groups excluding carboxylic acids is 1. The van der Waals surface area contributed by atoms with Crippen molar-refractivity contribution in [2.24, 2.45) is 0 Å². The van der Waals surface area contributed by atoms with E-state index < -0.39 is 0 Å². The predicted molar refractivity (Wildman–Crippen MR) is 41.8 cm³/mol. The molecule has 0 saturated carbocycles. The first-order valence-corrected chi connectivity index (χ1v) is 3.83. The van der Waals surface area contributed by atoms with Crippen LogP contribution in [0.25, 0.3) is 0 Å². The van der Waals surface area contributed by atoms with Crippen molar-refractivity contribution in [3.8, 4) is 0 Å². The number of hydrogen-bond acceptors (Lipinski definition) is 3. The fourth-order valence-electron chi connectivity index (χ4n) is 1.39. The Balaban J connectivity index is 2.45. The maximum atomic E-state index is 11.3. The molecule has 0 aliphatic carbocycles. The molecule has 1 aromatic heterocycles. The standard InChI is InChI=1S/C8H10N2O2/c1-8(2)3-5-6(7(11)10-8)9-4-12-5/h4H,3H2,1-2H3,(H,10,11). The Bertz CT molecular complexity index is 328. The van der Waals surface area contributed by atoms with Crippen LogP contribution in [0.3, 0.4) is 0 Å². The van der Waals surface area contributed by atoms with E-state index in [-0.39, 0.29) is 11.4 Å². The lowest BCUT2D eigenvalue weighted by Gasteiger charge is -2.28. The summed E-state index contributed by atoms with van der Waals surface area (Å²) in [6, 6.07) is 0. The zero-order chi connectivity index (χ0) is 8.77. The van der Waals surface area contributed by atoms with Crippen LogP contribution in [0.15, 0.2) is 10.8 Å². The topological polar surface area (TPSA) is 55.1 Å². The molecule has 1 N–H and O–H groups in total. The number of aromatic nitrogens is 1. The molecule has 2 heterocycles. The molecule has 0 unspecified atom stereocenters. The third-order valence-corrected chi connectivity index (χ3v) is 1.91. The van der Waals surface area contributed by atoms with Gasteiger partial charge in [-0.2, -0.15) is 0 Å². The molecule has 0 saturated heterocycles. The van der Waals surface area contributed by atoms with Crippen LogP contribution in [0, 0.1) is 0 Å². The maximum absolute atomic E-state index is 11.3. The van der Waals surface area contributed by atoms with E-state index in [1.807, 2.05) is 13.8 Å². The third-order valence-electron chi connectivity index (χ3n) is 1.91. The van der Waals surface area contributed by atoms with Gasteiger partial charge >= 0.3 is 0 Å². The highest BCUT2D eigenvalue weighted by molar-refractivity contribution is 5.94. The Morgan fingerprint density at radius 1 is 1.67 bits per heavy atom. The molecule has 1 aliphatic rings. The number of nitrogens with zero attached hydrogens (tertiary/aromatic N) is 1. The summed E-state index contributed by atoms with van der Waals surface area (Å²) in [6.07, 6.45) is 2.01. The lowest BCUT2D eigenvalue weighted by Crippen LogP contribution is -2.48. The summed E-state index contributed by atoms with van der Waals surface area (Å²) >= 11 is 0. The van der Waals surface area contributed by atoms with Crippen molar-refractivity contribution in [2.75, 3.05) is 0 Å². The summed E-state index contributed by atoms with van der Waals surface area (Å²) in [7, 11) is 0. The van der Waals surface area contributed by atoms with Gasteiger partial charge in [-0.05, 0) is 13.8 Å². The second-order valence-electron chi connectivity index (χ2n) is 3.64. The highest BCUT2D eigenvalue weighted by Gasteiger charge is 2.32. The summed E-state index contributed by atoms with van der Waals surface area (Å²) in [5, 5.41) is 2.84. The molecule has 1 aromatic rings. The molecule has 0 spiro atoms. The van der Waals surface area contributed by atoms with Gasteiger partial charge in [-0.15, -0.1) is 0 Å². The number of hydrogen-bond donors (Lipinski definition) is 1. The second-order valence-corrected chi connectivity index (χ2v) is 3.64. The molecular formula is C8H10N2O2. The average Bonchev–Trinajstić information content (AvgIpc) is 2.31. The molecule has 0 radical (unpaired) electrons. The number of oxazole rings is 1. The smallest absolute Gasteiger partial charge is 0.273 e. The SMILES string of the molecule is CC1(C)Cc2ocnc2C(=O)N1. The van der Waals surface area contributed by atoms with Crippen molar-refractivity contribution in [3.05, 3.63) is 17.8 Å². The summed E-state index contributed by atoms with van der Waals surface area (Å²) in [4.78, 5) is 15.2. The van der Waals surface area contributed by atoms with Crippen molar-refractivity contribution in [1.29, 1.82) is 0 Å². The number of fused-ring (bicyclic) bond motifs is 1. The minimum atomic E-state index is -0.219. The Kier molecular flexibility index (Phi) is 1.28. The van der Waals surface area contributed by atoms with E-state index in [0.717, 1.165) is 0 Å². The molecular weight excluding hydrogens is 156 g/mol. The van der Waals surface area contributed by atoms with E-state index in [1.54, 1.807) is 0 Å². The molecule has 0 fully saturated rings.